The molecule has 1 nitrogen and oxygen atoms in total. The SMILES string of the molecule is [C-]1=CCC=C1.[CH2-]O.[Co+2]. The van der Waals surface area contributed by atoms with E-state index in [1.165, 1.54) is 0 Å². The molecule has 1 aliphatic carbocycles. The number of hydrogen-bond acceptors (Lipinski definition) is 1. The molecule has 8 heavy (non-hydrogen) atoms. The van der Waals surface area contributed by atoms with Crippen LogP contribution in [0.3, 0.4) is 0 Å². The topological polar surface area (TPSA) is 20.2 Å². The van der Waals surface area contributed by atoms with Gasteiger partial charge in [0.25, 0.3) is 0 Å². The molecule has 0 fully saturated rings. The molecule has 0 aliphatic heterocycles. The Morgan fingerprint density at radius 3 is 2.25 bits per heavy atom. The molecule has 1 rings (SSSR count). The molecule has 1 aliphatic rings. The molecule has 0 aromatic rings. The third-order valence-corrected chi connectivity index (χ3v) is 0.586. The third-order valence-electron chi connectivity index (χ3n) is 0.586. The summed E-state index contributed by atoms with van der Waals surface area (Å²) < 4.78 is 0. The van der Waals surface area contributed by atoms with Crippen LogP contribution in [0.25, 0.3) is 0 Å². The van der Waals surface area contributed by atoms with Gasteiger partial charge in [0.2, 0.25) is 0 Å². The Morgan fingerprint density at radius 2 is 2.12 bits per heavy atom. The molecule has 2 heteroatoms. The van der Waals surface area contributed by atoms with Gasteiger partial charge in [-0.15, -0.1) is 6.42 Å². The fourth-order valence-corrected chi connectivity index (χ4v) is 0.340. The molecule has 0 spiro atoms. The van der Waals surface area contributed by atoms with Crippen molar-refractivity contribution in [1.82, 2.24) is 0 Å². The Morgan fingerprint density at radius 1 is 1.50 bits per heavy atom. The Balaban J connectivity index is 0. The van der Waals surface area contributed by atoms with Crippen LogP contribution >= 0.6 is 0 Å². The van der Waals surface area contributed by atoms with E-state index < -0.39 is 0 Å². The minimum atomic E-state index is 0. The fraction of sp³-hybridized carbons (Fsp3) is 0.167. The monoisotopic (exact) mass is 155 g/mol. The number of aliphatic hydroxyl groups is 1. The van der Waals surface area contributed by atoms with Crippen molar-refractivity contribution >= 4 is 0 Å². The standard InChI is InChI=1S/C5H5.CH3O.Co/c1-2-4-5-3-1;1-2;/h1-2,5H,3H2;2H,1H2;/q2*-1;+2. The summed E-state index contributed by atoms with van der Waals surface area (Å²) in [6.07, 6.45) is 10.0. The molecule has 0 amide bonds. The van der Waals surface area contributed by atoms with Crippen LogP contribution in [0.15, 0.2) is 18.2 Å². The average Bonchev–Trinajstić information content (AvgIpc) is 2.23. The van der Waals surface area contributed by atoms with Gasteiger partial charge in [-0.1, -0.05) is 0 Å². The minimum Gasteiger partial charge on any atom is -0.569 e. The van der Waals surface area contributed by atoms with Crippen LogP contribution in [0.4, 0.5) is 0 Å². The maximum Gasteiger partial charge on any atom is 2.00 e. The molecular weight excluding hydrogens is 147 g/mol. The van der Waals surface area contributed by atoms with E-state index >= 15 is 0 Å². The zero-order valence-corrected chi connectivity index (χ0v) is 5.47. The van der Waals surface area contributed by atoms with Gasteiger partial charge >= 0.3 is 16.8 Å². The second-order valence-electron chi connectivity index (χ2n) is 1.01. The van der Waals surface area contributed by atoms with Gasteiger partial charge in [-0.25, -0.2) is 19.3 Å². The Hall–Kier alpha value is -0.0535. The summed E-state index contributed by atoms with van der Waals surface area (Å²) in [7, 11) is 2.25. The van der Waals surface area contributed by atoms with E-state index in [0.717, 1.165) is 6.42 Å². The van der Waals surface area contributed by atoms with E-state index in [1.54, 1.807) is 0 Å². The van der Waals surface area contributed by atoms with Crippen LogP contribution in [0, 0.1) is 13.2 Å². The maximum atomic E-state index is 6.75. The molecule has 0 bridgehead atoms. The van der Waals surface area contributed by atoms with Crippen molar-refractivity contribution in [2.24, 2.45) is 0 Å². The first-order chi connectivity index (χ1) is 3.50. The van der Waals surface area contributed by atoms with Crippen molar-refractivity contribution in [2.45, 2.75) is 6.42 Å². The first-order valence-corrected chi connectivity index (χ1v) is 2.04. The van der Waals surface area contributed by atoms with Crippen molar-refractivity contribution in [2.75, 3.05) is 0 Å². The maximum absolute atomic E-state index is 6.75. The number of allylic oxidation sites excluding steroid dienone is 4. The molecule has 1 radical (unpaired) electrons. The predicted molar refractivity (Wildman–Crippen MR) is 28.9 cm³/mol. The van der Waals surface area contributed by atoms with Gasteiger partial charge < -0.3 is 5.11 Å². The second-order valence-corrected chi connectivity index (χ2v) is 1.01. The molecule has 47 valence electrons. The first kappa shape index (κ1) is 10.8. The summed E-state index contributed by atoms with van der Waals surface area (Å²) in [6, 6.07) is 0. The normalized spacial score (nSPS) is 11.8. The van der Waals surface area contributed by atoms with Crippen molar-refractivity contribution in [3.05, 3.63) is 31.4 Å². The van der Waals surface area contributed by atoms with Crippen molar-refractivity contribution in [3.8, 4) is 0 Å². The van der Waals surface area contributed by atoms with Crippen LogP contribution in [0.5, 0.6) is 0 Å². The quantitative estimate of drug-likeness (QED) is 0.525. The summed E-state index contributed by atoms with van der Waals surface area (Å²) in [5.41, 5.74) is 0. The van der Waals surface area contributed by atoms with E-state index in [-0.39, 0.29) is 16.8 Å². The summed E-state index contributed by atoms with van der Waals surface area (Å²) >= 11 is 0. The number of rotatable bonds is 0. The number of hydrogen-bond donors (Lipinski definition) is 1. The third kappa shape index (κ3) is 5.95. The van der Waals surface area contributed by atoms with Crippen LogP contribution < -0.4 is 0 Å². The van der Waals surface area contributed by atoms with E-state index in [9.17, 15) is 0 Å². The summed E-state index contributed by atoms with van der Waals surface area (Å²) in [4.78, 5) is 0. The van der Waals surface area contributed by atoms with Crippen LogP contribution in [-0.4, -0.2) is 5.11 Å². The van der Waals surface area contributed by atoms with E-state index in [1.807, 2.05) is 12.2 Å². The van der Waals surface area contributed by atoms with Gasteiger partial charge in [-0.05, 0) is 0 Å². The molecule has 0 heterocycles. The van der Waals surface area contributed by atoms with Gasteiger partial charge in [-0.2, -0.15) is 6.08 Å². The number of aliphatic hydroxyl groups excluding tert-OH is 1. The molecule has 0 aromatic carbocycles. The Labute approximate surface area is 60.3 Å². The van der Waals surface area contributed by atoms with E-state index in [0.29, 0.717) is 0 Å². The second kappa shape index (κ2) is 10.0. The van der Waals surface area contributed by atoms with Gasteiger partial charge in [0, 0.05) is 0 Å². The molecular formula is C6H8CoO. The molecule has 0 atom stereocenters. The first-order valence-electron chi connectivity index (χ1n) is 2.04. The Kier molecular flexibility index (Phi) is 13.6. The van der Waals surface area contributed by atoms with Gasteiger partial charge in [0.1, 0.15) is 0 Å². The average molecular weight is 155 g/mol. The summed E-state index contributed by atoms with van der Waals surface area (Å²) in [6.45, 7) is 0. The molecule has 0 saturated heterocycles. The largest absolute Gasteiger partial charge is 2.00 e. The molecule has 0 saturated carbocycles. The van der Waals surface area contributed by atoms with Gasteiger partial charge in [0.15, 0.2) is 0 Å². The van der Waals surface area contributed by atoms with E-state index in [2.05, 4.69) is 19.3 Å². The van der Waals surface area contributed by atoms with Crippen LogP contribution in [-0.2, 0) is 16.8 Å². The zero-order chi connectivity index (χ0) is 5.54. The van der Waals surface area contributed by atoms with Crippen LogP contribution in [0.1, 0.15) is 6.42 Å². The van der Waals surface area contributed by atoms with Gasteiger partial charge in [-0.3, -0.25) is 6.08 Å². The van der Waals surface area contributed by atoms with Gasteiger partial charge in [0.05, 0.1) is 0 Å². The fourth-order valence-electron chi connectivity index (χ4n) is 0.340. The predicted octanol–water partition coefficient (Wildman–Crippen LogP) is 1.45. The summed E-state index contributed by atoms with van der Waals surface area (Å²) in [5.74, 6) is 0. The van der Waals surface area contributed by atoms with Crippen LogP contribution in [0.2, 0.25) is 0 Å². The van der Waals surface area contributed by atoms with E-state index in [4.69, 9.17) is 5.11 Å². The smallest absolute Gasteiger partial charge is 0.569 e. The van der Waals surface area contributed by atoms with Crippen molar-refractivity contribution in [1.29, 1.82) is 0 Å². The molecule has 0 aromatic heterocycles. The summed E-state index contributed by atoms with van der Waals surface area (Å²) in [5, 5.41) is 6.75. The van der Waals surface area contributed by atoms with Crippen molar-refractivity contribution < 1.29 is 21.9 Å². The minimum absolute atomic E-state index is 0. The Bertz CT molecular complexity index is 66.6. The zero-order valence-electron chi connectivity index (χ0n) is 4.43. The molecule has 0 unspecified atom stereocenters. The molecule has 1 N–H and O–H groups in total. The van der Waals surface area contributed by atoms with Crippen molar-refractivity contribution in [3.63, 3.8) is 0 Å².